The smallest absolute Gasteiger partial charge is 0.245 e. The quantitative estimate of drug-likeness (QED) is 0.622. The normalized spacial score (nSPS) is 12.3. The van der Waals surface area contributed by atoms with Crippen LogP contribution in [0, 0.1) is 5.82 Å². The lowest BCUT2D eigenvalue weighted by Gasteiger charge is -2.26. The number of halogens is 1. The molecular weight excluding hydrogens is 279 g/mol. The zero-order valence-corrected chi connectivity index (χ0v) is 13.1. The highest BCUT2D eigenvalue weighted by atomic mass is 32.2. The lowest BCUT2D eigenvalue weighted by Crippen LogP contribution is -2.38. The molecule has 0 saturated carbocycles. The van der Waals surface area contributed by atoms with E-state index in [1.807, 2.05) is 0 Å². The lowest BCUT2D eigenvalue weighted by atomic mass is 10.2. The van der Waals surface area contributed by atoms with E-state index in [-0.39, 0.29) is 16.6 Å². The first-order valence-corrected chi connectivity index (χ1v) is 8.32. The second-order valence-corrected chi connectivity index (χ2v) is 6.93. The number of hydrogen-bond acceptors (Lipinski definition) is 3. The molecule has 0 spiro atoms. The van der Waals surface area contributed by atoms with Crippen LogP contribution >= 0.6 is 0 Å². The van der Waals surface area contributed by atoms with Crippen molar-refractivity contribution in [3.63, 3.8) is 0 Å². The van der Waals surface area contributed by atoms with Crippen molar-refractivity contribution in [3.8, 4) is 0 Å². The van der Waals surface area contributed by atoms with Gasteiger partial charge in [-0.3, -0.25) is 0 Å². The molecule has 0 saturated heterocycles. The summed E-state index contributed by atoms with van der Waals surface area (Å²) in [5.74, 6) is -0.705. The van der Waals surface area contributed by atoms with Crippen LogP contribution in [-0.4, -0.2) is 25.3 Å². The molecule has 0 amide bonds. The third kappa shape index (κ3) is 3.70. The van der Waals surface area contributed by atoms with Crippen molar-refractivity contribution in [2.75, 3.05) is 12.3 Å². The van der Waals surface area contributed by atoms with Crippen molar-refractivity contribution >= 4 is 15.7 Å². The summed E-state index contributed by atoms with van der Waals surface area (Å²) in [6, 6.07) is 3.68. The van der Waals surface area contributed by atoms with E-state index >= 15 is 0 Å². The molecule has 0 unspecified atom stereocenters. The van der Waals surface area contributed by atoms with Gasteiger partial charge in [-0.2, -0.15) is 4.31 Å². The predicted octanol–water partition coefficient (Wildman–Crippen LogP) is 3.00. The van der Waals surface area contributed by atoms with Crippen LogP contribution in [0.5, 0.6) is 0 Å². The second-order valence-electron chi connectivity index (χ2n) is 5.07. The van der Waals surface area contributed by atoms with E-state index in [4.69, 9.17) is 5.73 Å². The van der Waals surface area contributed by atoms with Crippen molar-refractivity contribution in [2.24, 2.45) is 0 Å². The maximum absolute atomic E-state index is 13.5. The first kappa shape index (κ1) is 16.9. The molecule has 1 aromatic carbocycles. The molecule has 0 atom stereocenters. The molecule has 0 aromatic heterocycles. The molecule has 2 N–H and O–H groups in total. The fourth-order valence-corrected chi connectivity index (χ4v) is 3.85. The highest BCUT2D eigenvalue weighted by Crippen LogP contribution is 2.26. The Morgan fingerprint density at radius 2 is 1.95 bits per heavy atom. The molecule has 1 rings (SSSR count). The van der Waals surface area contributed by atoms with Crippen LogP contribution in [0.15, 0.2) is 23.1 Å². The highest BCUT2D eigenvalue weighted by Gasteiger charge is 2.29. The minimum absolute atomic E-state index is 0.150. The van der Waals surface area contributed by atoms with E-state index in [1.54, 1.807) is 13.8 Å². The molecule has 0 aliphatic heterocycles. The van der Waals surface area contributed by atoms with Gasteiger partial charge in [0.25, 0.3) is 0 Å². The third-order valence-corrected chi connectivity index (χ3v) is 5.29. The molecule has 6 heteroatoms. The van der Waals surface area contributed by atoms with Gasteiger partial charge in [0.2, 0.25) is 10.0 Å². The highest BCUT2D eigenvalue weighted by molar-refractivity contribution is 7.89. The Morgan fingerprint density at radius 1 is 1.30 bits per heavy atom. The van der Waals surface area contributed by atoms with E-state index < -0.39 is 15.8 Å². The van der Waals surface area contributed by atoms with Crippen LogP contribution in [0.4, 0.5) is 10.1 Å². The first-order chi connectivity index (χ1) is 9.32. The van der Waals surface area contributed by atoms with Crippen molar-refractivity contribution in [3.05, 3.63) is 24.0 Å². The maximum atomic E-state index is 13.5. The zero-order valence-electron chi connectivity index (χ0n) is 12.3. The average Bonchev–Trinajstić information content (AvgIpc) is 2.37. The van der Waals surface area contributed by atoms with Gasteiger partial charge in [-0.15, -0.1) is 0 Å². The number of benzene rings is 1. The summed E-state index contributed by atoms with van der Waals surface area (Å²) in [6.45, 7) is 6.08. The minimum Gasteiger partial charge on any atom is -0.395 e. The summed E-state index contributed by atoms with van der Waals surface area (Å²) in [7, 11) is -3.77. The average molecular weight is 302 g/mol. The molecule has 114 valence electrons. The molecule has 0 aliphatic carbocycles. The predicted molar refractivity (Wildman–Crippen MR) is 79.4 cm³/mol. The topological polar surface area (TPSA) is 63.4 Å². The minimum atomic E-state index is -3.77. The maximum Gasteiger partial charge on any atom is 0.245 e. The van der Waals surface area contributed by atoms with Gasteiger partial charge >= 0.3 is 0 Å². The Kier molecular flexibility index (Phi) is 5.95. The van der Waals surface area contributed by atoms with Crippen molar-refractivity contribution in [2.45, 2.75) is 51.0 Å². The molecule has 0 fully saturated rings. The number of rotatable bonds is 7. The molecule has 0 radical (unpaired) electrons. The van der Waals surface area contributed by atoms with E-state index in [2.05, 4.69) is 6.92 Å². The lowest BCUT2D eigenvalue weighted by molar-refractivity contribution is 0.345. The van der Waals surface area contributed by atoms with Gasteiger partial charge in [0, 0.05) is 12.6 Å². The molecule has 4 nitrogen and oxygen atoms in total. The van der Waals surface area contributed by atoms with Gasteiger partial charge in [0.05, 0.1) is 5.69 Å². The molecular formula is C14H23FN2O2S. The summed E-state index contributed by atoms with van der Waals surface area (Å²) in [5, 5.41) is 0. The molecule has 20 heavy (non-hydrogen) atoms. The number of nitrogens with two attached hydrogens (primary N) is 1. The van der Waals surface area contributed by atoms with Crippen molar-refractivity contribution < 1.29 is 12.8 Å². The van der Waals surface area contributed by atoms with Crippen LogP contribution in [0.25, 0.3) is 0 Å². The second kappa shape index (κ2) is 7.04. The molecule has 0 heterocycles. The van der Waals surface area contributed by atoms with Crippen LogP contribution in [-0.2, 0) is 10.0 Å². The fraction of sp³-hybridized carbons (Fsp3) is 0.571. The Bertz CT molecular complexity index is 544. The van der Waals surface area contributed by atoms with Gasteiger partial charge in [-0.25, -0.2) is 12.8 Å². The zero-order chi connectivity index (χ0) is 15.3. The Morgan fingerprint density at radius 3 is 2.50 bits per heavy atom. The van der Waals surface area contributed by atoms with Crippen LogP contribution in [0.1, 0.15) is 40.0 Å². The Labute approximate surface area is 120 Å². The van der Waals surface area contributed by atoms with Gasteiger partial charge in [0.15, 0.2) is 0 Å². The SMILES string of the molecule is CCCCCN(C(C)C)S(=O)(=O)c1cccc(F)c1N. The molecule has 0 bridgehead atoms. The van der Waals surface area contributed by atoms with Crippen molar-refractivity contribution in [1.29, 1.82) is 0 Å². The van der Waals surface area contributed by atoms with E-state index in [9.17, 15) is 12.8 Å². The number of nitrogens with zero attached hydrogens (tertiary/aromatic N) is 1. The standard InChI is InChI=1S/C14H23FN2O2S/c1-4-5-6-10-17(11(2)3)20(18,19)13-9-7-8-12(15)14(13)16/h7-9,11H,4-6,10,16H2,1-3H3. The monoisotopic (exact) mass is 302 g/mol. The largest absolute Gasteiger partial charge is 0.395 e. The van der Waals surface area contributed by atoms with Crippen LogP contribution < -0.4 is 5.73 Å². The first-order valence-electron chi connectivity index (χ1n) is 6.88. The number of anilines is 1. The van der Waals surface area contributed by atoms with Gasteiger partial charge in [-0.1, -0.05) is 25.8 Å². The van der Waals surface area contributed by atoms with Crippen molar-refractivity contribution in [1.82, 2.24) is 4.31 Å². The van der Waals surface area contributed by atoms with Gasteiger partial charge in [0.1, 0.15) is 10.7 Å². The molecule has 0 aliphatic rings. The van der Waals surface area contributed by atoms with Gasteiger partial charge in [-0.05, 0) is 32.4 Å². The number of unbranched alkanes of at least 4 members (excludes halogenated alkanes) is 2. The number of nitrogen functional groups attached to an aromatic ring is 1. The fourth-order valence-electron chi connectivity index (χ4n) is 2.04. The number of hydrogen-bond donors (Lipinski definition) is 1. The number of sulfonamides is 1. The Balaban J connectivity index is 3.13. The van der Waals surface area contributed by atoms with E-state index in [0.29, 0.717) is 6.54 Å². The summed E-state index contributed by atoms with van der Waals surface area (Å²) >= 11 is 0. The summed E-state index contributed by atoms with van der Waals surface area (Å²) in [6.07, 6.45) is 2.74. The van der Waals surface area contributed by atoms with Crippen LogP contribution in [0.3, 0.4) is 0 Å². The third-order valence-electron chi connectivity index (χ3n) is 3.16. The van der Waals surface area contributed by atoms with Crippen LogP contribution in [0.2, 0.25) is 0 Å². The molecule has 1 aromatic rings. The Hall–Kier alpha value is -1.14. The van der Waals surface area contributed by atoms with E-state index in [1.165, 1.54) is 16.4 Å². The van der Waals surface area contributed by atoms with E-state index in [0.717, 1.165) is 25.3 Å². The van der Waals surface area contributed by atoms with Gasteiger partial charge < -0.3 is 5.73 Å². The summed E-state index contributed by atoms with van der Waals surface area (Å²) in [5.41, 5.74) is 5.27. The number of para-hydroxylation sites is 1. The summed E-state index contributed by atoms with van der Waals surface area (Å²) < 4.78 is 40.1. The summed E-state index contributed by atoms with van der Waals surface area (Å²) in [4.78, 5) is -0.150.